The molecule has 1 atom stereocenters. The van der Waals surface area contributed by atoms with Gasteiger partial charge in [-0.05, 0) is 38.3 Å². The van der Waals surface area contributed by atoms with Crippen LogP contribution in [0.4, 0.5) is 5.69 Å². The molecule has 16 heavy (non-hydrogen) atoms. The minimum Gasteiger partial charge on any atom is -0.312 e. The molecule has 86 valence electrons. The number of hydrogen-bond donors (Lipinski definition) is 0. The first-order chi connectivity index (χ1) is 7.50. The SMILES string of the molecule is Cc1cc(C)c(N2CCC(C)C2=O)c(C)c1. The summed E-state index contributed by atoms with van der Waals surface area (Å²) in [5.74, 6) is 0.454. The van der Waals surface area contributed by atoms with Crippen molar-refractivity contribution in [3.8, 4) is 0 Å². The van der Waals surface area contributed by atoms with E-state index in [0.717, 1.165) is 18.7 Å². The van der Waals surface area contributed by atoms with Gasteiger partial charge in [-0.3, -0.25) is 4.79 Å². The highest BCUT2D eigenvalue weighted by Crippen LogP contribution is 2.31. The molecule has 1 unspecified atom stereocenters. The lowest BCUT2D eigenvalue weighted by Gasteiger charge is -2.22. The molecule has 2 nitrogen and oxygen atoms in total. The van der Waals surface area contributed by atoms with Gasteiger partial charge in [0.15, 0.2) is 0 Å². The van der Waals surface area contributed by atoms with Crippen LogP contribution in [0.1, 0.15) is 30.0 Å². The molecule has 1 heterocycles. The van der Waals surface area contributed by atoms with Crippen LogP contribution in [0, 0.1) is 26.7 Å². The molecule has 2 heteroatoms. The van der Waals surface area contributed by atoms with Gasteiger partial charge in [-0.2, -0.15) is 0 Å². The number of anilines is 1. The molecule has 0 aliphatic carbocycles. The summed E-state index contributed by atoms with van der Waals surface area (Å²) in [6.45, 7) is 9.15. The van der Waals surface area contributed by atoms with Crippen LogP contribution in [0.15, 0.2) is 12.1 Å². The smallest absolute Gasteiger partial charge is 0.229 e. The predicted octanol–water partition coefficient (Wildman–Crippen LogP) is 2.98. The van der Waals surface area contributed by atoms with E-state index in [9.17, 15) is 4.79 Å². The monoisotopic (exact) mass is 217 g/mol. The zero-order valence-corrected chi connectivity index (χ0v) is 10.5. The van der Waals surface area contributed by atoms with Crippen LogP contribution >= 0.6 is 0 Å². The first kappa shape index (κ1) is 11.2. The van der Waals surface area contributed by atoms with E-state index in [0.29, 0.717) is 0 Å². The van der Waals surface area contributed by atoms with Crippen molar-refractivity contribution in [1.29, 1.82) is 0 Å². The maximum atomic E-state index is 12.0. The Morgan fingerprint density at radius 3 is 2.19 bits per heavy atom. The number of aryl methyl sites for hydroxylation is 3. The lowest BCUT2D eigenvalue weighted by molar-refractivity contribution is -0.119. The lowest BCUT2D eigenvalue weighted by Crippen LogP contribution is -2.27. The van der Waals surface area contributed by atoms with Crippen molar-refractivity contribution < 1.29 is 4.79 Å². The third-order valence-electron chi connectivity index (χ3n) is 3.38. The van der Waals surface area contributed by atoms with E-state index in [4.69, 9.17) is 0 Å². The molecule has 1 fully saturated rings. The number of rotatable bonds is 1. The Hall–Kier alpha value is -1.31. The second-order valence-electron chi connectivity index (χ2n) is 4.93. The van der Waals surface area contributed by atoms with Gasteiger partial charge < -0.3 is 4.90 Å². The molecule has 0 aromatic heterocycles. The minimum absolute atomic E-state index is 0.181. The molecule has 1 aromatic carbocycles. The van der Waals surface area contributed by atoms with Gasteiger partial charge in [0.05, 0.1) is 0 Å². The van der Waals surface area contributed by atoms with Gasteiger partial charge in [0.2, 0.25) is 5.91 Å². The number of nitrogens with zero attached hydrogens (tertiary/aromatic N) is 1. The Morgan fingerprint density at radius 1 is 1.19 bits per heavy atom. The fourth-order valence-electron chi connectivity index (χ4n) is 2.64. The molecular formula is C14H19NO. The highest BCUT2D eigenvalue weighted by molar-refractivity contribution is 5.98. The summed E-state index contributed by atoms with van der Waals surface area (Å²) >= 11 is 0. The fourth-order valence-corrected chi connectivity index (χ4v) is 2.64. The Bertz CT molecular complexity index is 413. The maximum Gasteiger partial charge on any atom is 0.229 e. The van der Waals surface area contributed by atoms with Crippen molar-refractivity contribution in [2.45, 2.75) is 34.1 Å². The Labute approximate surface area is 97.3 Å². The molecule has 0 spiro atoms. The van der Waals surface area contributed by atoms with E-state index >= 15 is 0 Å². The normalized spacial score (nSPS) is 20.6. The molecule has 1 aliphatic rings. The van der Waals surface area contributed by atoms with Gasteiger partial charge in [0, 0.05) is 18.2 Å². The number of carbonyl (C=O) groups excluding carboxylic acids is 1. The van der Waals surface area contributed by atoms with E-state index in [1.54, 1.807) is 0 Å². The minimum atomic E-state index is 0.181. The van der Waals surface area contributed by atoms with Crippen molar-refractivity contribution in [3.63, 3.8) is 0 Å². The molecule has 1 amide bonds. The highest BCUT2D eigenvalue weighted by Gasteiger charge is 2.30. The summed E-state index contributed by atoms with van der Waals surface area (Å²) in [4.78, 5) is 14.0. The Kier molecular flexibility index (Phi) is 2.75. The molecule has 0 bridgehead atoms. The van der Waals surface area contributed by atoms with Gasteiger partial charge >= 0.3 is 0 Å². The van der Waals surface area contributed by atoms with Crippen molar-refractivity contribution in [3.05, 3.63) is 28.8 Å². The lowest BCUT2D eigenvalue weighted by atomic mass is 10.0. The summed E-state index contributed by atoms with van der Waals surface area (Å²) in [6, 6.07) is 4.30. The van der Waals surface area contributed by atoms with Gasteiger partial charge in [-0.25, -0.2) is 0 Å². The van der Waals surface area contributed by atoms with Crippen LogP contribution in [-0.2, 0) is 4.79 Å². The van der Waals surface area contributed by atoms with Gasteiger partial charge in [0.1, 0.15) is 0 Å². The molecule has 1 aliphatic heterocycles. The number of amides is 1. The molecule has 2 rings (SSSR count). The van der Waals surface area contributed by atoms with Gasteiger partial charge in [-0.1, -0.05) is 24.6 Å². The topological polar surface area (TPSA) is 20.3 Å². The fraction of sp³-hybridized carbons (Fsp3) is 0.500. The van der Waals surface area contributed by atoms with Crippen LogP contribution in [0.2, 0.25) is 0 Å². The van der Waals surface area contributed by atoms with E-state index in [-0.39, 0.29) is 11.8 Å². The number of carbonyl (C=O) groups is 1. The van der Waals surface area contributed by atoms with Crippen LogP contribution in [0.3, 0.4) is 0 Å². The van der Waals surface area contributed by atoms with Crippen LogP contribution in [0.25, 0.3) is 0 Å². The molecule has 0 saturated carbocycles. The third-order valence-corrected chi connectivity index (χ3v) is 3.38. The Balaban J connectivity index is 2.45. The summed E-state index contributed by atoms with van der Waals surface area (Å²) in [6.07, 6.45) is 0.978. The van der Waals surface area contributed by atoms with Crippen LogP contribution < -0.4 is 4.90 Å². The average Bonchev–Trinajstić information content (AvgIpc) is 2.48. The number of hydrogen-bond acceptors (Lipinski definition) is 1. The van der Waals surface area contributed by atoms with Crippen LogP contribution in [0.5, 0.6) is 0 Å². The summed E-state index contributed by atoms with van der Waals surface area (Å²) in [5.41, 5.74) is 4.80. The molecule has 0 radical (unpaired) electrons. The second-order valence-corrected chi connectivity index (χ2v) is 4.93. The Morgan fingerprint density at radius 2 is 1.75 bits per heavy atom. The second kappa shape index (κ2) is 3.93. The summed E-state index contributed by atoms with van der Waals surface area (Å²) < 4.78 is 0. The maximum absolute atomic E-state index is 12.0. The summed E-state index contributed by atoms with van der Waals surface area (Å²) in [7, 11) is 0. The highest BCUT2D eigenvalue weighted by atomic mass is 16.2. The van der Waals surface area contributed by atoms with E-state index < -0.39 is 0 Å². The third kappa shape index (κ3) is 1.73. The van der Waals surface area contributed by atoms with Crippen molar-refractivity contribution in [1.82, 2.24) is 0 Å². The summed E-state index contributed by atoms with van der Waals surface area (Å²) in [5, 5.41) is 0. The zero-order valence-electron chi connectivity index (χ0n) is 10.5. The van der Waals surface area contributed by atoms with Gasteiger partial charge in [0.25, 0.3) is 0 Å². The predicted molar refractivity (Wildman–Crippen MR) is 66.8 cm³/mol. The van der Waals surface area contributed by atoms with E-state index in [1.807, 2.05) is 11.8 Å². The van der Waals surface area contributed by atoms with Gasteiger partial charge in [-0.15, -0.1) is 0 Å². The van der Waals surface area contributed by atoms with Crippen molar-refractivity contribution in [2.75, 3.05) is 11.4 Å². The van der Waals surface area contributed by atoms with Crippen LogP contribution in [-0.4, -0.2) is 12.5 Å². The number of benzene rings is 1. The van der Waals surface area contributed by atoms with Crippen molar-refractivity contribution in [2.24, 2.45) is 5.92 Å². The van der Waals surface area contributed by atoms with E-state index in [2.05, 4.69) is 32.9 Å². The zero-order chi connectivity index (χ0) is 11.9. The molecular weight excluding hydrogens is 198 g/mol. The molecule has 0 N–H and O–H groups in total. The van der Waals surface area contributed by atoms with E-state index in [1.165, 1.54) is 16.7 Å². The quantitative estimate of drug-likeness (QED) is 0.708. The van der Waals surface area contributed by atoms with Crippen molar-refractivity contribution >= 4 is 11.6 Å². The molecule has 1 aromatic rings. The first-order valence-electron chi connectivity index (χ1n) is 5.90. The first-order valence-corrected chi connectivity index (χ1v) is 5.90. The average molecular weight is 217 g/mol. The molecule has 1 saturated heterocycles. The standard InChI is InChI=1S/C14H19NO/c1-9-7-11(3)13(12(4)8-9)15-6-5-10(2)14(15)16/h7-8,10H,5-6H2,1-4H3. The largest absolute Gasteiger partial charge is 0.312 e.